The lowest BCUT2D eigenvalue weighted by Crippen LogP contribution is -2.25. The van der Waals surface area contributed by atoms with E-state index in [1.54, 1.807) is 0 Å². The summed E-state index contributed by atoms with van der Waals surface area (Å²) in [6.45, 7) is 3.54. The molecule has 0 atom stereocenters. The largest absolute Gasteiger partial charge is 0.416 e. The first-order chi connectivity index (χ1) is 8.66. The second-order valence-electron chi connectivity index (χ2n) is 4.28. The summed E-state index contributed by atoms with van der Waals surface area (Å²) in [5.41, 5.74) is -0.700. The number of sulfonamides is 1. The minimum Gasteiger partial charge on any atom is -0.211 e. The van der Waals surface area contributed by atoms with Crippen LogP contribution in [0.5, 0.6) is 0 Å². The fourth-order valence-corrected chi connectivity index (χ4v) is 2.74. The molecule has 1 N–H and O–H groups in total. The second kappa shape index (κ2) is 5.92. The van der Waals surface area contributed by atoms with Crippen LogP contribution < -0.4 is 4.72 Å². The lowest BCUT2D eigenvalue weighted by atomic mass is 10.1. The van der Waals surface area contributed by atoms with Gasteiger partial charge in [-0.15, -0.1) is 0 Å². The molecule has 7 heteroatoms. The van der Waals surface area contributed by atoms with Gasteiger partial charge in [-0.25, -0.2) is 13.1 Å². The lowest BCUT2D eigenvalue weighted by Gasteiger charge is -2.11. The summed E-state index contributed by atoms with van der Waals surface area (Å²) in [6, 6.07) is 2.80. The molecule has 0 unspecified atom stereocenters. The Morgan fingerprint density at radius 3 is 2.37 bits per heavy atom. The zero-order chi connectivity index (χ0) is 14.7. The maximum absolute atomic E-state index is 12.6. The van der Waals surface area contributed by atoms with Crippen molar-refractivity contribution >= 4 is 10.0 Å². The van der Waals surface area contributed by atoms with Crippen LogP contribution in [0.3, 0.4) is 0 Å². The number of aryl methyl sites for hydroxylation is 1. The molecule has 0 bridgehead atoms. The van der Waals surface area contributed by atoms with E-state index in [0.717, 1.165) is 12.5 Å². The van der Waals surface area contributed by atoms with Crippen LogP contribution in [-0.4, -0.2) is 15.0 Å². The zero-order valence-corrected chi connectivity index (χ0v) is 11.5. The van der Waals surface area contributed by atoms with Crippen LogP contribution in [0.2, 0.25) is 0 Å². The van der Waals surface area contributed by atoms with E-state index >= 15 is 0 Å². The third-order valence-electron chi connectivity index (χ3n) is 2.51. The number of halogens is 3. The second-order valence-corrected chi connectivity index (χ2v) is 6.05. The molecule has 108 valence electrons. The molecule has 0 saturated heterocycles. The molecule has 0 heterocycles. The zero-order valence-electron chi connectivity index (χ0n) is 10.7. The molecule has 3 nitrogen and oxygen atoms in total. The molecule has 0 fully saturated rings. The third-order valence-corrected chi connectivity index (χ3v) is 3.95. The van der Waals surface area contributed by atoms with Crippen molar-refractivity contribution in [1.82, 2.24) is 4.72 Å². The van der Waals surface area contributed by atoms with Gasteiger partial charge in [-0.3, -0.25) is 0 Å². The van der Waals surface area contributed by atoms with Crippen molar-refractivity contribution in [3.63, 3.8) is 0 Å². The highest BCUT2D eigenvalue weighted by Gasteiger charge is 2.32. The maximum atomic E-state index is 12.6. The van der Waals surface area contributed by atoms with Gasteiger partial charge < -0.3 is 0 Å². The molecule has 0 radical (unpaired) electrons. The summed E-state index contributed by atoms with van der Waals surface area (Å²) in [6.07, 6.45) is -3.12. The molecule has 0 aliphatic carbocycles. The van der Waals surface area contributed by atoms with Crippen LogP contribution in [0.4, 0.5) is 13.2 Å². The maximum Gasteiger partial charge on any atom is 0.416 e. The molecule has 0 amide bonds. The van der Waals surface area contributed by atoms with Crippen molar-refractivity contribution in [1.29, 1.82) is 0 Å². The van der Waals surface area contributed by atoms with Gasteiger partial charge in [-0.1, -0.05) is 13.3 Å². The number of rotatable bonds is 5. The van der Waals surface area contributed by atoms with Crippen molar-refractivity contribution in [2.24, 2.45) is 0 Å². The monoisotopic (exact) mass is 295 g/mol. The number of benzene rings is 1. The Hall–Kier alpha value is -1.08. The van der Waals surface area contributed by atoms with Crippen molar-refractivity contribution in [2.75, 3.05) is 6.54 Å². The third kappa shape index (κ3) is 4.50. The van der Waals surface area contributed by atoms with Gasteiger partial charge in [0, 0.05) is 6.54 Å². The number of hydrogen-bond donors (Lipinski definition) is 1. The predicted molar refractivity (Wildman–Crippen MR) is 66.3 cm³/mol. The van der Waals surface area contributed by atoms with Gasteiger partial charge in [-0.2, -0.15) is 13.2 Å². The van der Waals surface area contributed by atoms with E-state index in [0.29, 0.717) is 12.5 Å². The van der Waals surface area contributed by atoms with Gasteiger partial charge in [0.2, 0.25) is 10.0 Å². The van der Waals surface area contributed by atoms with Crippen molar-refractivity contribution in [2.45, 2.75) is 37.8 Å². The minimum atomic E-state index is -4.56. The van der Waals surface area contributed by atoms with E-state index in [1.165, 1.54) is 13.0 Å². The molecule has 0 aliphatic heterocycles. The summed E-state index contributed by atoms with van der Waals surface area (Å²) in [7, 11) is -3.89. The van der Waals surface area contributed by atoms with Crippen molar-refractivity contribution in [3.05, 3.63) is 29.3 Å². The number of nitrogens with one attached hydrogen (secondary N) is 1. The van der Waals surface area contributed by atoms with E-state index in [1.807, 2.05) is 6.92 Å². The highest BCUT2D eigenvalue weighted by atomic mass is 32.2. The molecular formula is C12H16F3NO2S. The number of alkyl halides is 3. The lowest BCUT2D eigenvalue weighted by molar-refractivity contribution is -0.137. The standard InChI is InChI=1S/C12H16F3NO2S/c1-3-4-5-16-19(17,18)11-7-9(2)6-10(8-11)12(13,14)15/h6-8,16H,3-5H2,1-2H3. The summed E-state index contributed by atoms with van der Waals surface area (Å²) in [5, 5.41) is 0. The first-order valence-electron chi connectivity index (χ1n) is 5.85. The Balaban J connectivity index is 3.10. The average Bonchev–Trinajstić information content (AvgIpc) is 2.27. The molecular weight excluding hydrogens is 279 g/mol. The van der Waals surface area contributed by atoms with Crippen LogP contribution >= 0.6 is 0 Å². The number of unbranched alkanes of at least 4 members (excludes halogenated alkanes) is 1. The van der Waals surface area contributed by atoms with Gasteiger partial charge in [0.1, 0.15) is 0 Å². The van der Waals surface area contributed by atoms with Crippen molar-refractivity contribution in [3.8, 4) is 0 Å². The molecule has 19 heavy (non-hydrogen) atoms. The first-order valence-corrected chi connectivity index (χ1v) is 7.33. The molecule has 1 rings (SSSR count). The number of hydrogen-bond acceptors (Lipinski definition) is 2. The Labute approximate surface area is 110 Å². The van der Waals surface area contributed by atoms with E-state index in [2.05, 4.69) is 4.72 Å². The SMILES string of the molecule is CCCCNS(=O)(=O)c1cc(C)cc(C(F)(F)F)c1. The van der Waals surface area contributed by atoms with Gasteiger partial charge in [0.25, 0.3) is 0 Å². The topological polar surface area (TPSA) is 46.2 Å². The Morgan fingerprint density at radius 1 is 1.21 bits per heavy atom. The molecule has 1 aromatic carbocycles. The van der Waals surface area contributed by atoms with Gasteiger partial charge >= 0.3 is 6.18 Å². The van der Waals surface area contributed by atoms with E-state index in [-0.39, 0.29) is 17.0 Å². The summed E-state index contributed by atoms with van der Waals surface area (Å²) in [4.78, 5) is -0.351. The van der Waals surface area contributed by atoms with E-state index in [9.17, 15) is 21.6 Å². The smallest absolute Gasteiger partial charge is 0.211 e. The predicted octanol–water partition coefficient (Wildman–Crippen LogP) is 3.09. The average molecular weight is 295 g/mol. The van der Waals surface area contributed by atoms with Crippen LogP contribution in [0.15, 0.2) is 23.1 Å². The Bertz CT molecular complexity index is 538. The highest BCUT2D eigenvalue weighted by Crippen LogP contribution is 2.31. The normalized spacial score (nSPS) is 12.7. The summed E-state index contributed by atoms with van der Waals surface area (Å²) in [5.74, 6) is 0. The quantitative estimate of drug-likeness (QED) is 0.848. The first kappa shape index (κ1) is 16.0. The van der Waals surface area contributed by atoms with Crippen LogP contribution in [0.25, 0.3) is 0 Å². The molecule has 0 spiro atoms. The van der Waals surface area contributed by atoms with Crippen molar-refractivity contribution < 1.29 is 21.6 Å². The van der Waals surface area contributed by atoms with Crippen LogP contribution in [-0.2, 0) is 16.2 Å². The molecule has 0 saturated carbocycles. The fraction of sp³-hybridized carbons (Fsp3) is 0.500. The van der Waals surface area contributed by atoms with E-state index < -0.39 is 21.8 Å². The molecule has 0 aromatic heterocycles. The Morgan fingerprint density at radius 2 is 1.84 bits per heavy atom. The Kier molecular flexibility index (Phi) is 4.98. The summed E-state index contributed by atoms with van der Waals surface area (Å²) >= 11 is 0. The van der Waals surface area contributed by atoms with Crippen LogP contribution in [0.1, 0.15) is 30.9 Å². The minimum absolute atomic E-state index is 0.216. The van der Waals surface area contributed by atoms with E-state index in [4.69, 9.17) is 0 Å². The highest BCUT2D eigenvalue weighted by molar-refractivity contribution is 7.89. The molecule has 1 aromatic rings. The van der Waals surface area contributed by atoms with Gasteiger partial charge in [0.15, 0.2) is 0 Å². The fourth-order valence-electron chi connectivity index (χ4n) is 1.53. The van der Waals surface area contributed by atoms with Gasteiger partial charge in [0.05, 0.1) is 10.5 Å². The van der Waals surface area contributed by atoms with Gasteiger partial charge in [-0.05, 0) is 37.1 Å². The summed E-state index contributed by atoms with van der Waals surface area (Å²) < 4.78 is 63.9. The van der Waals surface area contributed by atoms with Crippen LogP contribution in [0, 0.1) is 6.92 Å². The molecule has 0 aliphatic rings.